The number of hydrogen-bond donors (Lipinski definition) is 2. The van der Waals surface area contributed by atoms with Gasteiger partial charge in [0, 0.05) is 5.69 Å². The summed E-state index contributed by atoms with van der Waals surface area (Å²) >= 11 is 0. The predicted octanol–water partition coefficient (Wildman–Crippen LogP) is 4.15. The molecule has 0 fully saturated rings. The second-order valence-electron chi connectivity index (χ2n) is 6.06. The predicted molar refractivity (Wildman–Crippen MR) is 90.7 cm³/mol. The monoisotopic (exact) mass is 365 g/mol. The van der Waals surface area contributed by atoms with Crippen molar-refractivity contribution in [3.63, 3.8) is 0 Å². The number of alkyl halides is 3. The Morgan fingerprint density at radius 2 is 1.54 bits per heavy atom. The van der Waals surface area contributed by atoms with E-state index in [1.807, 2.05) is 0 Å². The Morgan fingerprint density at radius 1 is 1.00 bits per heavy atom. The first-order chi connectivity index (χ1) is 12.1. The number of benzene rings is 2. The van der Waals surface area contributed by atoms with Crippen LogP contribution in [0, 0.1) is 5.92 Å². The normalized spacial score (nSPS) is 12.5. The minimum atomic E-state index is -4.40. The highest BCUT2D eigenvalue weighted by Crippen LogP contribution is 2.29. The van der Waals surface area contributed by atoms with E-state index in [0.29, 0.717) is 17.7 Å². The molecule has 2 rings (SSSR count). The lowest BCUT2D eigenvalue weighted by molar-refractivity contribution is -0.141. The molecule has 138 valence electrons. The van der Waals surface area contributed by atoms with E-state index in [0.717, 1.165) is 17.7 Å². The van der Waals surface area contributed by atoms with Crippen LogP contribution in [0.1, 0.15) is 23.6 Å². The fourth-order valence-electron chi connectivity index (χ4n) is 2.37. The molecule has 0 heterocycles. The molecule has 4 nitrogen and oxygen atoms in total. The smallest absolute Gasteiger partial charge is 0.416 e. The molecule has 1 atom stereocenters. The van der Waals surface area contributed by atoms with Crippen LogP contribution in [0.3, 0.4) is 0 Å². The van der Waals surface area contributed by atoms with E-state index in [2.05, 4.69) is 5.32 Å². The van der Waals surface area contributed by atoms with Gasteiger partial charge >= 0.3 is 12.1 Å². The van der Waals surface area contributed by atoms with Crippen molar-refractivity contribution >= 4 is 17.6 Å². The van der Waals surface area contributed by atoms with Crippen LogP contribution in [-0.2, 0) is 28.6 Å². The van der Waals surface area contributed by atoms with Gasteiger partial charge in [-0.3, -0.25) is 9.59 Å². The molecule has 0 bridgehead atoms. The summed E-state index contributed by atoms with van der Waals surface area (Å²) in [5, 5.41) is 11.6. The molecule has 2 N–H and O–H groups in total. The number of rotatable bonds is 6. The second kappa shape index (κ2) is 8.03. The fourth-order valence-corrected chi connectivity index (χ4v) is 2.37. The third-order valence-electron chi connectivity index (χ3n) is 3.85. The molecular formula is C19H18F3NO3. The van der Waals surface area contributed by atoms with Gasteiger partial charge in [-0.2, -0.15) is 13.2 Å². The lowest BCUT2D eigenvalue weighted by Gasteiger charge is -2.09. The molecule has 0 spiro atoms. The first kappa shape index (κ1) is 19.5. The molecule has 0 aromatic heterocycles. The number of amides is 1. The molecule has 2 aromatic rings. The Bertz CT molecular complexity index is 768. The van der Waals surface area contributed by atoms with Crippen LogP contribution in [0.4, 0.5) is 18.9 Å². The number of carboxylic acids is 1. The van der Waals surface area contributed by atoms with Crippen LogP contribution in [-0.4, -0.2) is 17.0 Å². The minimum Gasteiger partial charge on any atom is -0.481 e. The van der Waals surface area contributed by atoms with Crippen molar-refractivity contribution in [3.8, 4) is 0 Å². The van der Waals surface area contributed by atoms with Gasteiger partial charge in [0.1, 0.15) is 0 Å². The molecule has 1 unspecified atom stereocenters. The van der Waals surface area contributed by atoms with Crippen molar-refractivity contribution in [2.45, 2.75) is 25.9 Å². The Kier molecular flexibility index (Phi) is 6.02. The van der Waals surface area contributed by atoms with E-state index in [1.165, 1.54) is 12.1 Å². The number of carboxylic acid groups (broad SMARTS) is 1. The van der Waals surface area contributed by atoms with E-state index in [-0.39, 0.29) is 12.3 Å². The van der Waals surface area contributed by atoms with Crippen molar-refractivity contribution in [1.29, 1.82) is 0 Å². The standard InChI is InChI=1S/C19H18F3NO3/c1-12(18(25)26)10-13-4-8-16(9-5-13)23-17(24)11-14-2-6-15(7-3-14)19(20,21)22/h2-9,12H,10-11H2,1H3,(H,23,24)(H,25,26). The van der Waals surface area contributed by atoms with E-state index < -0.39 is 23.6 Å². The molecule has 0 aliphatic heterocycles. The van der Waals surface area contributed by atoms with Gasteiger partial charge in [-0.15, -0.1) is 0 Å². The highest BCUT2D eigenvalue weighted by atomic mass is 19.4. The van der Waals surface area contributed by atoms with Crippen LogP contribution in [0.5, 0.6) is 0 Å². The SMILES string of the molecule is CC(Cc1ccc(NC(=O)Cc2ccc(C(F)(F)F)cc2)cc1)C(=O)O. The van der Waals surface area contributed by atoms with Gasteiger partial charge in [-0.05, 0) is 41.8 Å². The van der Waals surface area contributed by atoms with Crippen molar-refractivity contribution < 1.29 is 27.9 Å². The number of carbonyl (C=O) groups excluding carboxylic acids is 1. The fraction of sp³-hybridized carbons (Fsp3) is 0.263. The Labute approximate surface area is 148 Å². The largest absolute Gasteiger partial charge is 0.481 e. The van der Waals surface area contributed by atoms with Crippen LogP contribution < -0.4 is 5.32 Å². The molecular weight excluding hydrogens is 347 g/mol. The number of aliphatic carboxylic acids is 1. The van der Waals surface area contributed by atoms with Gasteiger partial charge in [-0.1, -0.05) is 31.2 Å². The highest BCUT2D eigenvalue weighted by Gasteiger charge is 2.29. The van der Waals surface area contributed by atoms with E-state index in [1.54, 1.807) is 31.2 Å². The molecule has 7 heteroatoms. The molecule has 1 amide bonds. The molecule has 0 aliphatic rings. The zero-order valence-electron chi connectivity index (χ0n) is 14.0. The topological polar surface area (TPSA) is 66.4 Å². The number of nitrogens with one attached hydrogen (secondary N) is 1. The highest BCUT2D eigenvalue weighted by molar-refractivity contribution is 5.92. The zero-order valence-corrected chi connectivity index (χ0v) is 14.0. The Morgan fingerprint density at radius 3 is 2.04 bits per heavy atom. The Hall–Kier alpha value is -2.83. The molecule has 0 radical (unpaired) electrons. The first-order valence-electron chi connectivity index (χ1n) is 7.93. The third-order valence-corrected chi connectivity index (χ3v) is 3.85. The van der Waals surface area contributed by atoms with Crippen LogP contribution in [0.25, 0.3) is 0 Å². The zero-order chi connectivity index (χ0) is 19.3. The van der Waals surface area contributed by atoms with Crippen LogP contribution >= 0.6 is 0 Å². The quantitative estimate of drug-likeness (QED) is 0.808. The van der Waals surface area contributed by atoms with Crippen molar-refractivity contribution in [1.82, 2.24) is 0 Å². The molecule has 0 saturated heterocycles. The van der Waals surface area contributed by atoms with E-state index in [9.17, 15) is 22.8 Å². The summed E-state index contributed by atoms with van der Waals surface area (Å²) in [7, 11) is 0. The third kappa shape index (κ3) is 5.61. The number of carbonyl (C=O) groups is 2. The number of anilines is 1. The van der Waals surface area contributed by atoms with Gasteiger partial charge in [-0.25, -0.2) is 0 Å². The maximum Gasteiger partial charge on any atom is 0.416 e. The second-order valence-corrected chi connectivity index (χ2v) is 6.06. The summed E-state index contributed by atoms with van der Waals surface area (Å²) in [5.74, 6) is -1.73. The number of hydrogen-bond acceptors (Lipinski definition) is 2. The summed E-state index contributed by atoms with van der Waals surface area (Å²) in [6.45, 7) is 1.61. The van der Waals surface area contributed by atoms with E-state index in [4.69, 9.17) is 5.11 Å². The summed E-state index contributed by atoms with van der Waals surface area (Å²) in [6, 6.07) is 11.2. The molecule has 0 aliphatic carbocycles. The average molecular weight is 365 g/mol. The lowest BCUT2D eigenvalue weighted by atomic mass is 10.0. The van der Waals surface area contributed by atoms with E-state index >= 15 is 0 Å². The summed E-state index contributed by atoms with van der Waals surface area (Å²) in [6.07, 6.45) is -4.06. The van der Waals surface area contributed by atoms with Crippen LogP contribution in [0.15, 0.2) is 48.5 Å². The van der Waals surface area contributed by atoms with Gasteiger partial charge in [0.15, 0.2) is 0 Å². The van der Waals surface area contributed by atoms with Gasteiger partial charge in [0.05, 0.1) is 17.9 Å². The molecule has 26 heavy (non-hydrogen) atoms. The maximum atomic E-state index is 12.5. The summed E-state index contributed by atoms with van der Waals surface area (Å²) < 4.78 is 37.5. The van der Waals surface area contributed by atoms with Gasteiger partial charge in [0.2, 0.25) is 5.91 Å². The minimum absolute atomic E-state index is 0.0457. The Balaban J connectivity index is 1.92. The van der Waals surface area contributed by atoms with Crippen molar-refractivity contribution in [2.75, 3.05) is 5.32 Å². The van der Waals surface area contributed by atoms with Crippen molar-refractivity contribution in [3.05, 3.63) is 65.2 Å². The maximum absolute atomic E-state index is 12.5. The van der Waals surface area contributed by atoms with Crippen molar-refractivity contribution in [2.24, 2.45) is 5.92 Å². The number of halogens is 3. The molecule has 0 saturated carbocycles. The molecule has 2 aromatic carbocycles. The van der Waals surface area contributed by atoms with Gasteiger partial charge in [0.25, 0.3) is 0 Å². The van der Waals surface area contributed by atoms with Crippen LogP contribution in [0.2, 0.25) is 0 Å². The summed E-state index contributed by atoms with van der Waals surface area (Å²) in [4.78, 5) is 22.9. The average Bonchev–Trinajstić information content (AvgIpc) is 2.56. The summed E-state index contributed by atoms with van der Waals surface area (Å²) in [5.41, 5.74) is 1.09. The lowest BCUT2D eigenvalue weighted by Crippen LogP contribution is -2.15. The first-order valence-corrected chi connectivity index (χ1v) is 7.93. The van der Waals surface area contributed by atoms with Gasteiger partial charge < -0.3 is 10.4 Å².